The van der Waals surface area contributed by atoms with Crippen LogP contribution in [0.2, 0.25) is 0 Å². The third-order valence-electron chi connectivity index (χ3n) is 9.58. The molecule has 0 radical (unpaired) electrons. The molecule has 2 aliphatic carbocycles. The molecule has 0 spiro atoms. The minimum absolute atomic E-state index is 0.00967. The average Bonchev–Trinajstić information content (AvgIpc) is 4.03. The lowest BCUT2D eigenvalue weighted by atomic mass is 10.1. The molecule has 17 heteroatoms. The highest BCUT2D eigenvalue weighted by Crippen LogP contribution is 2.47. The SMILES string of the molecule is Nc1cccc(F)c1-c1nc2c(cc1F)c(N1CCCC(N(C(=O)n3cnnc3)C(F)F)CC1)nc(=O)n2-c1c(C2CC2)ncnc1C1CC1. The van der Waals surface area contributed by atoms with Crippen molar-refractivity contribution in [1.29, 1.82) is 0 Å². The highest BCUT2D eigenvalue weighted by molar-refractivity contribution is 5.91. The van der Waals surface area contributed by atoms with E-state index in [1.807, 2.05) is 0 Å². The first-order valence-electron chi connectivity index (χ1n) is 16.4. The Morgan fingerprint density at radius 2 is 1.62 bits per heavy atom. The standard InChI is InChI=1S/C33H31F4N11O2/c34-21-4-1-5-23(38)24(21)27-22(35)13-20-29(45-11-2-3-19(10-12-45)47(31(36)37)33(50)46-15-41-42-16-46)44-32(49)48(30(20)43-27)28-25(17-6-7-17)39-14-40-26(28)18-8-9-18/h1,4-5,13-19,31H,2-3,6-12,38H2. The lowest BCUT2D eigenvalue weighted by molar-refractivity contribution is -0.0243. The Hall–Kier alpha value is -5.48. The zero-order chi connectivity index (χ0) is 34.7. The number of nitrogens with zero attached hydrogens (tertiary/aromatic N) is 10. The summed E-state index contributed by atoms with van der Waals surface area (Å²) in [6.45, 7) is -2.73. The van der Waals surface area contributed by atoms with Gasteiger partial charge >= 0.3 is 18.3 Å². The molecule has 0 bridgehead atoms. The lowest BCUT2D eigenvalue weighted by Gasteiger charge is -2.30. The van der Waals surface area contributed by atoms with E-state index in [0.29, 0.717) is 28.4 Å². The van der Waals surface area contributed by atoms with Crippen LogP contribution in [-0.4, -0.2) is 75.9 Å². The van der Waals surface area contributed by atoms with E-state index < -0.39 is 35.9 Å². The number of anilines is 2. The monoisotopic (exact) mass is 689 g/mol. The van der Waals surface area contributed by atoms with Crippen LogP contribution in [0.3, 0.4) is 0 Å². The topological polar surface area (TPSA) is 154 Å². The predicted octanol–water partition coefficient (Wildman–Crippen LogP) is 5.00. The molecule has 3 aliphatic rings. The number of carbonyl (C=O) groups is 1. The van der Waals surface area contributed by atoms with Gasteiger partial charge in [0.05, 0.1) is 28.0 Å². The van der Waals surface area contributed by atoms with Crippen molar-refractivity contribution in [2.75, 3.05) is 23.7 Å². The zero-order valence-corrected chi connectivity index (χ0v) is 26.6. The summed E-state index contributed by atoms with van der Waals surface area (Å²) in [6, 6.07) is 3.30. The Balaban J connectivity index is 1.28. The van der Waals surface area contributed by atoms with Crippen LogP contribution in [-0.2, 0) is 0 Å². The number of carbonyl (C=O) groups excluding carboxylic acids is 1. The Morgan fingerprint density at radius 1 is 0.920 bits per heavy atom. The minimum Gasteiger partial charge on any atom is -0.398 e. The number of nitrogen functional groups attached to an aromatic ring is 1. The number of hydrogen-bond donors (Lipinski definition) is 1. The van der Waals surface area contributed by atoms with E-state index in [9.17, 15) is 18.4 Å². The summed E-state index contributed by atoms with van der Waals surface area (Å²) in [5.74, 6) is -1.41. The van der Waals surface area contributed by atoms with Crippen LogP contribution in [0.25, 0.3) is 28.0 Å². The number of pyridine rings is 1. The Bertz CT molecular complexity index is 2120. The van der Waals surface area contributed by atoms with Crippen LogP contribution in [0, 0.1) is 11.6 Å². The molecule has 1 aliphatic heterocycles. The molecule has 1 unspecified atom stereocenters. The van der Waals surface area contributed by atoms with E-state index in [2.05, 4.69) is 30.1 Å². The van der Waals surface area contributed by atoms with Crippen molar-refractivity contribution in [1.82, 2.24) is 44.2 Å². The van der Waals surface area contributed by atoms with Crippen molar-refractivity contribution >= 4 is 28.6 Å². The molecule has 1 amide bonds. The van der Waals surface area contributed by atoms with Gasteiger partial charge in [0.2, 0.25) is 0 Å². The molecule has 3 fully saturated rings. The van der Waals surface area contributed by atoms with Crippen molar-refractivity contribution < 1.29 is 22.4 Å². The van der Waals surface area contributed by atoms with Gasteiger partial charge in [-0.3, -0.25) is 4.90 Å². The van der Waals surface area contributed by atoms with Crippen molar-refractivity contribution in [3.8, 4) is 16.9 Å². The first kappa shape index (κ1) is 31.8. The van der Waals surface area contributed by atoms with Crippen molar-refractivity contribution in [3.63, 3.8) is 0 Å². The fourth-order valence-electron chi connectivity index (χ4n) is 6.86. The molecule has 8 rings (SSSR count). The molecule has 258 valence electrons. The average molecular weight is 690 g/mol. The molecule has 1 saturated heterocycles. The summed E-state index contributed by atoms with van der Waals surface area (Å²) in [7, 11) is 0. The number of alkyl halides is 2. The summed E-state index contributed by atoms with van der Waals surface area (Å²) in [6.07, 6.45) is 7.74. The van der Waals surface area contributed by atoms with E-state index in [4.69, 9.17) is 5.73 Å². The van der Waals surface area contributed by atoms with E-state index in [1.165, 1.54) is 23.0 Å². The quantitative estimate of drug-likeness (QED) is 0.140. The van der Waals surface area contributed by atoms with Crippen LogP contribution in [0.5, 0.6) is 0 Å². The third-order valence-corrected chi connectivity index (χ3v) is 9.58. The Kier molecular flexibility index (Phi) is 7.91. The first-order valence-corrected chi connectivity index (χ1v) is 16.4. The van der Waals surface area contributed by atoms with E-state index >= 15 is 8.78 Å². The maximum Gasteiger partial charge on any atom is 0.355 e. The number of hydrogen-bond acceptors (Lipinski definition) is 10. The smallest absolute Gasteiger partial charge is 0.355 e. The van der Waals surface area contributed by atoms with Crippen LogP contribution in [0.1, 0.15) is 68.2 Å². The van der Waals surface area contributed by atoms with Gasteiger partial charge in [-0.05, 0) is 63.1 Å². The summed E-state index contributed by atoms with van der Waals surface area (Å²) in [5.41, 5.74) is 6.52. The predicted molar refractivity (Wildman–Crippen MR) is 173 cm³/mol. The molecule has 4 aromatic heterocycles. The van der Waals surface area contributed by atoms with Gasteiger partial charge in [0.1, 0.15) is 36.3 Å². The number of fused-ring (bicyclic) bond motifs is 1. The lowest BCUT2D eigenvalue weighted by Crippen LogP contribution is -2.46. The van der Waals surface area contributed by atoms with Crippen molar-refractivity contribution in [2.24, 2.45) is 0 Å². The van der Waals surface area contributed by atoms with Gasteiger partial charge in [0, 0.05) is 36.7 Å². The first-order chi connectivity index (χ1) is 24.2. The molecule has 50 heavy (non-hydrogen) atoms. The summed E-state index contributed by atoms with van der Waals surface area (Å²) < 4.78 is 62.2. The van der Waals surface area contributed by atoms with Gasteiger partial charge in [-0.25, -0.2) is 42.5 Å². The van der Waals surface area contributed by atoms with Gasteiger partial charge in [-0.15, -0.1) is 10.2 Å². The second-order valence-electron chi connectivity index (χ2n) is 12.9. The number of rotatable bonds is 7. The van der Waals surface area contributed by atoms with E-state index in [-0.39, 0.29) is 71.6 Å². The molecule has 1 aromatic carbocycles. The zero-order valence-electron chi connectivity index (χ0n) is 26.6. The molecule has 2 saturated carbocycles. The molecule has 5 aromatic rings. The Morgan fingerprint density at radius 3 is 2.26 bits per heavy atom. The number of halogens is 4. The third kappa shape index (κ3) is 5.59. The minimum atomic E-state index is -3.10. The molecule has 13 nitrogen and oxygen atoms in total. The van der Waals surface area contributed by atoms with Crippen LogP contribution < -0.4 is 16.3 Å². The van der Waals surface area contributed by atoms with Crippen LogP contribution in [0.4, 0.5) is 33.9 Å². The number of nitrogens with two attached hydrogens (primary N) is 1. The number of aromatic nitrogens is 8. The van der Waals surface area contributed by atoms with Gasteiger partial charge < -0.3 is 10.6 Å². The normalized spacial score (nSPS) is 18.1. The molecule has 1 atom stereocenters. The molecular weight excluding hydrogens is 658 g/mol. The van der Waals surface area contributed by atoms with Crippen LogP contribution in [0.15, 0.2) is 48.0 Å². The highest BCUT2D eigenvalue weighted by Gasteiger charge is 2.38. The Labute approximate surface area is 281 Å². The van der Waals surface area contributed by atoms with Gasteiger partial charge in [0.15, 0.2) is 11.5 Å². The molecular formula is C33H31F4N11O2. The second-order valence-corrected chi connectivity index (χ2v) is 12.9. The highest BCUT2D eigenvalue weighted by atomic mass is 19.3. The van der Waals surface area contributed by atoms with Gasteiger partial charge in [-0.2, -0.15) is 13.8 Å². The molecule has 5 heterocycles. The summed E-state index contributed by atoms with van der Waals surface area (Å²) >= 11 is 0. The molecule has 2 N–H and O–H groups in total. The van der Waals surface area contributed by atoms with Gasteiger partial charge in [0.25, 0.3) is 0 Å². The van der Waals surface area contributed by atoms with Crippen molar-refractivity contribution in [2.45, 2.75) is 69.4 Å². The fraction of sp³-hybridized carbons (Fsp3) is 0.394. The largest absolute Gasteiger partial charge is 0.398 e. The van der Waals surface area contributed by atoms with E-state index in [1.54, 1.807) is 4.90 Å². The van der Waals surface area contributed by atoms with Gasteiger partial charge in [-0.1, -0.05) is 6.07 Å². The summed E-state index contributed by atoms with van der Waals surface area (Å²) in [4.78, 5) is 47.7. The van der Waals surface area contributed by atoms with E-state index in [0.717, 1.165) is 55.0 Å². The maximum absolute atomic E-state index is 16.2. The van der Waals surface area contributed by atoms with Crippen molar-refractivity contribution in [3.05, 3.63) is 76.8 Å². The number of benzene rings is 1. The summed E-state index contributed by atoms with van der Waals surface area (Å²) in [5, 5.41) is 7.24. The second kappa shape index (κ2) is 12.4. The van der Waals surface area contributed by atoms with Crippen LogP contribution >= 0.6 is 0 Å². The fourth-order valence-corrected chi connectivity index (χ4v) is 6.86. The maximum atomic E-state index is 16.2. The number of amides is 1.